The first kappa shape index (κ1) is 9.10. The van der Waals surface area contributed by atoms with Crippen molar-refractivity contribution in [1.82, 2.24) is 19.9 Å². The van der Waals surface area contributed by atoms with E-state index in [0.29, 0.717) is 17.1 Å². The van der Waals surface area contributed by atoms with Gasteiger partial charge >= 0.3 is 0 Å². The molecule has 2 N–H and O–H groups in total. The molecule has 0 aromatic carbocycles. The number of hydrogen-bond donors (Lipinski definition) is 2. The largest absolute Gasteiger partial charge is 0.388 e. The maximum Gasteiger partial charge on any atom is 0.195 e. The number of hydrogen-bond acceptors (Lipinski definition) is 5. The first-order chi connectivity index (χ1) is 6.81. The summed E-state index contributed by atoms with van der Waals surface area (Å²) >= 11 is 4.99. The molecule has 2 rings (SSSR count). The number of aliphatic hydroxyl groups excluding tert-OH is 1. The minimum Gasteiger partial charge on any atom is -0.388 e. The fraction of sp³-hybridized carbons (Fsp3) is 0.286. The van der Waals surface area contributed by atoms with Crippen LogP contribution in [0.25, 0.3) is 0 Å². The van der Waals surface area contributed by atoms with Crippen molar-refractivity contribution in [3.63, 3.8) is 0 Å². The third kappa shape index (κ3) is 1.59. The van der Waals surface area contributed by atoms with Gasteiger partial charge in [-0.1, -0.05) is 5.16 Å². The van der Waals surface area contributed by atoms with Gasteiger partial charge in [0.25, 0.3) is 0 Å². The predicted octanol–water partition coefficient (Wildman–Crippen LogP) is 0.469. The number of nitrogens with one attached hydrogen (secondary N) is 1. The number of nitrogens with zero attached hydrogens (tertiary/aromatic N) is 3. The van der Waals surface area contributed by atoms with Crippen LogP contribution in [0.5, 0.6) is 0 Å². The first-order valence-corrected chi connectivity index (χ1v) is 4.36. The molecule has 0 saturated heterocycles. The Balaban J connectivity index is 2.32. The van der Waals surface area contributed by atoms with Crippen LogP contribution >= 0.6 is 12.2 Å². The maximum atomic E-state index is 8.97. The summed E-state index contributed by atoms with van der Waals surface area (Å²) in [5.41, 5.74) is 0.734. The Morgan fingerprint density at radius 1 is 1.64 bits per heavy atom. The molecule has 7 heteroatoms. The Kier molecular flexibility index (Phi) is 2.42. The molecule has 0 spiro atoms. The zero-order chi connectivity index (χ0) is 9.97. The van der Waals surface area contributed by atoms with Crippen molar-refractivity contribution in [2.24, 2.45) is 0 Å². The van der Waals surface area contributed by atoms with Crippen molar-refractivity contribution >= 4 is 12.2 Å². The second-order valence-electron chi connectivity index (χ2n) is 2.68. The average Bonchev–Trinajstić information content (AvgIpc) is 2.79. The van der Waals surface area contributed by atoms with Crippen LogP contribution in [0.3, 0.4) is 0 Å². The molecule has 0 amide bonds. The second-order valence-corrected chi connectivity index (χ2v) is 3.07. The van der Waals surface area contributed by atoms with Gasteiger partial charge in [-0.3, -0.25) is 9.67 Å². The van der Waals surface area contributed by atoms with Gasteiger partial charge in [-0.05, 0) is 12.2 Å². The van der Waals surface area contributed by atoms with E-state index in [-0.39, 0.29) is 6.61 Å². The molecule has 0 radical (unpaired) electrons. The first-order valence-electron chi connectivity index (χ1n) is 3.95. The summed E-state index contributed by atoms with van der Waals surface area (Å²) in [4.78, 5) is 0. The molecule has 0 saturated carbocycles. The highest BCUT2D eigenvalue weighted by Gasteiger charge is 2.06. The summed E-state index contributed by atoms with van der Waals surface area (Å²) in [7, 11) is 0. The van der Waals surface area contributed by atoms with E-state index < -0.39 is 0 Å². The minimum atomic E-state index is -0.162. The Labute approximate surface area is 84.2 Å². The lowest BCUT2D eigenvalue weighted by Crippen LogP contribution is -2.05. The van der Waals surface area contributed by atoms with Crippen LogP contribution in [0.1, 0.15) is 11.5 Å². The fourth-order valence-electron chi connectivity index (χ4n) is 1.12. The minimum absolute atomic E-state index is 0.162. The number of aromatic amines is 1. The normalized spacial score (nSPS) is 10.6. The topological polar surface area (TPSA) is 79.9 Å². The fourth-order valence-corrected chi connectivity index (χ4v) is 1.33. The van der Waals surface area contributed by atoms with Gasteiger partial charge in [0.2, 0.25) is 0 Å². The standard InChI is InChI=1S/C7H8N4O2S/c12-4-6-8-9-7(14)11(6)3-5-1-2-13-10-5/h1-2,12H,3-4H2,(H,9,14). The second kappa shape index (κ2) is 3.72. The zero-order valence-electron chi connectivity index (χ0n) is 7.17. The van der Waals surface area contributed by atoms with Gasteiger partial charge in [-0.2, -0.15) is 5.10 Å². The number of rotatable bonds is 3. The van der Waals surface area contributed by atoms with Crippen LogP contribution in [0.2, 0.25) is 0 Å². The lowest BCUT2D eigenvalue weighted by molar-refractivity contribution is 0.265. The summed E-state index contributed by atoms with van der Waals surface area (Å²) < 4.78 is 6.80. The van der Waals surface area contributed by atoms with Crippen LogP contribution in [-0.2, 0) is 13.2 Å². The van der Waals surface area contributed by atoms with E-state index in [2.05, 4.69) is 19.9 Å². The molecule has 2 heterocycles. The number of aliphatic hydroxyl groups is 1. The molecule has 0 aliphatic carbocycles. The van der Waals surface area contributed by atoms with Crippen LogP contribution in [0.4, 0.5) is 0 Å². The predicted molar refractivity (Wildman–Crippen MR) is 48.9 cm³/mol. The van der Waals surface area contributed by atoms with E-state index in [1.807, 2.05) is 0 Å². The van der Waals surface area contributed by atoms with Gasteiger partial charge in [0.1, 0.15) is 18.6 Å². The van der Waals surface area contributed by atoms with E-state index in [4.69, 9.17) is 17.3 Å². The van der Waals surface area contributed by atoms with E-state index in [1.54, 1.807) is 10.6 Å². The van der Waals surface area contributed by atoms with Crippen LogP contribution in [0.15, 0.2) is 16.9 Å². The summed E-state index contributed by atoms with van der Waals surface area (Å²) in [6.07, 6.45) is 1.48. The highest BCUT2D eigenvalue weighted by Crippen LogP contribution is 2.03. The van der Waals surface area contributed by atoms with Gasteiger partial charge in [0, 0.05) is 6.07 Å². The van der Waals surface area contributed by atoms with E-state index in [0.717, 1.165) is 5.69 Å². The summed E-state index contributed by atoms with van der Waals surface area (Å²) in [5, 5.41) is 19.2. The van der Waals surface area contributed by atoms with Crippen molar-refractivity contribution in [2.45, 2.75) is 13.2 Å². The molecule has 2 aromatic rings. The summed E-state index contributed by atoms with van der Waals surface area (Å²) in [5.74, 6) is 0.484. The monoisotopic (exact) mass is 212 g/mol. The van der Waals surface area contributed by atoms with Crippen molar-refractivity contribution < 1.29 is 9.63 Å². The van der Waals surface area contributed by atoms with Crippen molar-refractivity contribution in [1.29, 1.82) is 0 Å². The molecule has 0 fully saturated rings. The van der Waals surface area contributed by atoms with Gasteiger partial charge in [-0.15, -0.1) is 0 Å². The average molecular weight is 212 g/mol. The summed E-state index contributed by atoms with van der Waals surface area (Å²) in [6.45, 7) is 0.284. The van der Waals surface area contributed by atoms with Gasteiger partial charge < -0.3 is 9.63 Å². The molecule has 0 unspecified atom stereocenters. The van der Waals surface area contributed by atoms with Gasteiger partial charge in [-0.25, -0.2) is 0 Å². The number of aromatic nitrogens is 4. The van der Waals surface area contributed by atoms with Crippen LogP contribution < -0.4 is 0 Å². The molecular formula is C7H8N4O2S. The van der Waals surface area contributed by atoms with Crippen molar-refractivity contribution in [3.8, 4) is 0 Å². The molecule has 0 bridgehead atoms. The lowest BCUT2D eigenvalue weighted by atomic mass is 10.4. The highest BCUT2D eigenvalue weighted by molar-refractivity contribution is 7.71. The zero-order valence-corrected chi connectivity index (χ0v) is 7.99. The Morgan fingerprint density at radius 2 is 2.50 bits per heavy atom. The van der Waals surface area contributed by atoms with Crippen LogP contribution in [-0.4, -0.2) is 25.0 Å². The van der Waals surface area contributed by atoms with Gasteiger partial charge in [0.05, 0.1) is 6.54 Å². The molecule has 0 aliphatic rings. The molecule has 14 heavy (non-hydrogen) atoms. The highest BCUT2D eigenvalue weighted by atomic mass is 32.1. The summed E-state index contributed by atoms with van der Waals surface area (Å²) in [6, 6.07) is 1.73. The van der Waals surface area contributed by atoms with Gasteiger partial charge in [0.15, 0.2) is 10.6 Å². The Hall–Kier alpha value is -1.47. The molecule has 6 nitrogen and oxygen atoms in total. The van der Waals surface area contributed by atoms with Crippen molar-refractivity contribution in [2.75, 3.05) is 0 Å². The van der Waals surface area contributed by atoms with E-state index in [1.165, 1.54) is 6.26 Å². The third-order valence-electron chi connectivity index (χ3n) is 1.79. The van der Waals surface area contributed by atoms with Crippen LogP contribution in [0, 0.1) is 4.77 Å². The number of H-pyrrole nitrogens is 1. The van der Waals surface area contributed by atoms with Crippen molar-refractivity contribution in [3.05, 3.63) is 28.6 Å². The molecule has 2 aromatic heterocycles. The lowest BCUT2D eigenvalue weighted by Gasteiger charge is -2.00. The van der Waals surface area contributed by atoms with E-state index in [9.17, 15) is 0 Å². The molecule has 0 atom stereocenters. The Bertz CT molecular complexity index is 458. The SMILES string of the molecule is OCc1n[nH]c(=S)n1Cc1ccon1. The molecular weight excluding hydrogens is 204 g/mol. The third-order valence-corrected chi connectivity index (χ3v) is 2.10. The maximum absolute atomic E-state index is 8.97. The molecule has 74 valence electrons. The Morgan fingerprint density at radius 3 is 3.14 bits per heavy atom. The molecule has 0 aliphatic heterocycles. The smallest absolute Gasteiger partial charge is 0.195 e. The quantitative estimate of drug-likeness (QED) is 0.723. The van der Waals surface area contributed by atoms with E-state index >= 15 is 0 Å².